The van der Waals surface area contributed by atoms with Gasteiger partial charge in [-0.15, -0.1) is 0 Å². The van der Waals surface area contributed by atoms with Crippen LogP contribution in [-0.2, 0) is 4.79 Å². The number of unbranched alkanes of at least 4 members (excludes halogenated alkanes) is 2. The molecule has 0 radical (unpaired) electrons. The maximum atomic E-state index is 12.0. The Morgan fingerprint density at radius 3 is 2.50 bits per heavy atom. The van der Waals surface area contributed by atoms with Crippen LogP contribution in [0.1, 0.15) is 39.5 Å². The average Bonchev–Trinajstić information content (AvgIpc) is 2.42. The van der Waals surface area contributed by atoms with Crippen molar-refractivity contribution in [3.05, 3.63) is 0 Å². The maximum Gasteiger partial charge on any atom is 0.239 e. The summed E-state index contributed by atoms with van der Waals surface area (Å²) in [6, 6.07) is -1.11. The fraction of sp³-hybridized carbons (Fsp3) is 0.929. The van der Waals surface area contributed by atoms with Crippen molar-refractivity contribution in [2.75, 3.05) is 19.6 Å². The predicted octanol–water partition coefficient (Wildman–Crippen LogP) is -0.645. The first-order valence-corrected chi connectivity index (χ1v) is 7.72. The fourth-order valence-corrected chi connectivity index (χ4v) is 2.38. The molecule has 118 valence electrons. The zero-order valence-corrected chi connectivity index (χ0v) is 12.6. The number of nitrogens with one attached hydrogen (secondary N) is 3. The van der Waals surface area contributed by atoms with Gasteiger partial charge in [-0.05, 0) is 19.4 Å². The highest BCUT2D eigenvalue weighted by molar-refractivity contribution is 5.82. The van der Waals surface area contributed by atoms with E-state index in [0.717, 1.165) is 32.2 Å². The van der Waals surface area contributed by atoms with Crippen LogP contribution in [0.4, 0.5) is 0 Å². The molecule has 5 N–H and O–H groups in total. The number of aliphatic hydroxyl groups is 2. The summed E-state index contributed by atoms with van der Waals surface area (Å²) in [6.45, 7) is 5.81. The molecule has 0 aromatic rings. The van der Waals surface area contributed by atoms with Crippen LogP contribution < -0.4 is 16.0 Å². The smallest absolute Gasteiger partial charge is 0.239 e. The van der Waals surface area contributed by atoms with Crippen LogP contribution in [0.25, 0.3) is 0 Å². The van der Waals surface area contributed by atoms with Crippen LogP contribution >= 0.6 is 0 Å². The number of carbonyl (C=O) groups excluding carboxylic acids is 1. The molecule has 0 spiro atoms. The van der Waals surface area contributed by atoms with Crippen LogP contribution in [0.15, 0.2) is 0 Å². The number of β-amino-alcohol motifs (C(OH)–C–C–N with tert-alkyl or cyclic N) is 1. The van der Waals surface area contributed by atoms with Crippen LogP contribution in [-0.4, -0.2) is 60.0 Å². The first kappa shape index (κ1) is 17.4. The van der Waals surface area contributed by atoms with Gasteiger partial charge in [0.15, 0.2) is 0 Å². The van der Waals surface area contributed by atoms with Gasteiger partial charge in [0.25, 0.3) is 0 Å². The van der Waals surface area contributed by atoms with Gasteiger partial charge in [0.05, 0.1) is 18.2 Å². The van der Waals surface area contributed by atoms with Gasteiger partial charge < -0.3 is 26.2 Å². The minimum Gasteiger partial charge on any atom is -0.390 e. The Morgan fingerprint density at radius 2 is 1.85 bits per heavy atom. The lowest BCUT2D eigenvalue weighted by atomic mass is 9.92. The van der Waals surface area contributed by atoms with Crippen molar-refractivity contribution in [3.8, 4) is 0 Å². The topological polar surface area (TPSA) is 93.6 Å². The molecule has 1 saturated heterocycles. The van der Waals surface area contributed by atoms with Crippen molar-refractivity contribution in [2.24, 2.45) is 0 Å². The zero-order chi connectivity index (χ0) is 15.0. The Balaban J connectivity index is 2.49. The summed E-state index contributed by atoms with van der Waals surface area (Å²) in [5, 5.41) is 29.1. The molecule has 1 amide bonds. The van der Waals surface area contributed by atoms with E-state index in [1.54, 1.807) is 0 Å². The Labute approximate surface area is 121 Å². The molecule has 0 aromatic carbocycles. The van der Waals surface area contributed by atoms with E-state index in [9.17, 15) is 15.0 Å². The Kier molecular flexibility index (Phi) is 8.06. The summed E-state index contributed by atoms with van der Waals surface area (Å²) < 4.78 is 0. The van der Waals surface area contributed by atoms with Gasteiger partial charge in [-0.25, -0.2) is 0 Å². The molecule has 1 fully saturated rings. The summed E-state index contributed by atoms with van der Waals surface area (Å²) in [5.74, 6) is -0.194. The van der Waals surface area contributed by atoms with E-state index < -0.39 is 24.3 Å². The highest BCUT2D eigenvalue weighted by Gasteiger charge is 2.40. The van der Waals surface area contributed by atoms with Gasteiger partial charge >= 0.3 is 0 Å². The largest absolute Gasteiger partial charge is 0.390 e. The summed E-state index contributed by atoms with van der Waals surface area (Å²) in [5.41, 5.74) is 0. The van der Waals surface area contributed by atoms with Gasteiger partial charge in [0.2, 0.25) is 5.91 Å². The lowest BCUT2D eigenvalue weighted by Crippen LogP contribution is -2.68. The molecule has 6 nitrogen and oxygen atoms in total. The normalized spacial score (nSPS) is 30.2. The second-order valence-electron chi connectivity index (χ2n) is 5.42. The van der Waals surface area contributed by atoms with Crippen molar-refractivity contribution in [3.63, 3.8) is 0 Å². The van der Waals surface area contributed by atoms with E-state index in [2.05, 4.69) is 29.8 Å². The van der Waals surface area contributed by atoms with E-state index >= 15 is 0 Å². The fourth-order valence-electron chi connectivity index (χ4n) is 2.38. The molecule has 1 aliphatic heterocycles. The molecule has 1 rings (SSSR count). The van der Waals surface area contributed by atoms with Gasteiger partial charge in [-0.1, -0.05) is 26.7 Å². The van der Waals surface area contributed by atoms with Crippen LogP contribution in [0.2, 0.25) is 0 Å². The number of hydrogen-bond donors (Lipinski definition) is 5. The SMILES string of the molecule is CCCCNC(=O)[C@@H]1NC[C@H](O)[C@H](NCCCC)[C@@H]1O. The molecule has 0 unspecified atom stereocenters. The van der Waals surface area contributed by atoms with E-state index in [-0.39, 0.29) is 5.91 Å². The summed E-state index contributed by atoms with van der Waals surface area (Å²) in [7, 11) is 0. The van der Waals surface area contributed by atoms with Crippen LogP contribution in [0, 0.1) is 0 Å². The Bertz CT molecular complexity index is 289. The quantitative estimate of drug-likeness (QED) is 0.383. The molecule has 1 heterocycles. The van der Waals surface area contributed by atoms with E-state index in [1.807, 2.05) is 0 Å². The van der Waals surface area contributed by atoms with Gasteiger partial charge in [-0.3, -0.25) is 4.79 Å². The first-order chi connectivity index (χ1) is 9.61. The van der Waals surface area contributed by atoms with Gasteiger partial charge in [0.1, 0.15) is 6.04 Å². The molecule has 4 atom stereocenters. The first-order valence-electron chi connectivity index (χ1n) is 7.72. The third-order valence-electron chi connectivity index (χ3n) is 3.69. The number of carbonyl (C=O) groups is 1. The highest BCUT2D eigenvalue weighted by atomic mass is 16.3. The minimum atomic E-state index is -0.919. The van der Waals surface area contributed by atoms with Crippen LogP contribution in [0.3, 0.4) is 0 Å². The molecule has 0 aliphatic carbocycles. The van der Waals surface area contributed by atoms with Crippen molar-refractivity contribution < 1.29 is 15.0 Å². The number of piperidine rings is 1. The van der Waals surface area contributed by atoms with Crippen molar-refractivity contribution >= 4 is 5.91 Å². The van der Waals surface area contributed by atoms with Crippen molar-refractivity contribution in [1.29, 1.82) is 0 Å². The summed E-state index contributed by atoms with van der Waals surface area (Å²) in [6.07, 6.45) is 2.37. The minimum absolute atomic E-state index is 0.194. The summed E-state index contributed by atoms with van der Waals surface area (Å²) in [4.78, 5) is 12.0. The van der Waals surface area contributed by atoms with Crippen LogP contribution in [0.5, 0.6) is 0 Å². The third-order valence-corrected chi connectivity index (χ3v) is 3.69. The molecule has 0 saturated carbocycles. The monoisotopic (exact) mass is 287 g/mol. The second kappa shape index (κ2) is 9.28. The average molecular weight is 287 g/mol. The van der Waals surface area contributed by atoms with Crippen molar-refractivity contribution in [1.82, 2.24) is 16.0 Å². The molecule has 1 aliphatic rings. The lowest BCUT2D eigenvalue weighted by molar-refractivity contribution is -0.129. The molecular weight excluding hydrogens is 258 g/mol. The number of aliphatic hydroxyl groups excluding tert-OH is 2. The molecule has 0 aromatic heterocycles. The molecule has 6 heteroatoms. The maximum absolute atomic E-state index is 12.0. The second-order valence-corrected chi connectivity index (χ2v) is 5.42. The van der Waals surface area contributed by atoms with E-state index in [0.29, 0.717) is 13.1 Å². The standard InChI is InChI=1S/C14H29N3O3/c1-3-5-7-15-11-10(18)9-17-12(13(11)19)14(20)16-8-6-4-2/h10-13,15,17-19H,3-9H2,1-2H3,(H,16,20)/t10-,11-,12+,13-/m0/s1. The molecular formula is C14H29N3O3. The van der Waals surface area contributed by atoms with E-state index in [4.69, 9.17) is 0 Å². The molecule has 20 heavy (non-hydrogen) atoms. The lowest BCUT2D eigenvalue weighted by Gasteiger charge is -2.38. The zero-order valence-electron chi connectivity index (χ0n) is 12.6. The van der Waals surface area contributed by atoms with Crippen molar-refractivity contribution in [2.45, 2.75) is 63.8 Å². The number of hydrogen-bond acceptors (Lipinski definition) is 5. The van der Waals surface area contributed by atoms with Gasteiger partial charge in [0, 0.05) is 13.1 Å². The Hall–Kier alpha value is -0.690. The summed E-state index contributed by atoms with van der Waals surface area (Å²) >= 11 is 0. The highest BCUT2D eigenvalue weighted by Crippen LogP contribution is 2.11. The van der Waals surface area contributed by atoms with Gasteiger partial charge in [-0.2, -0.15) is 0 Å². The third kappa shape index (κ3) is 5.01. The predicted molar refractivity (Wildman–Crippen MR) is 78.4 cm³/mol. The number of rotatable bonds is 8. The number of amides is 1. The van der Waals surface area contributed by atoms with E-state index in [1.165, 1.54) is 0 Å². The Morgan fingerprint density at radius 1 is 1.20 bits per heavy atom. The molecule has 0 bridgehead atoms.